The molecule has 2 aliphatic rings. The van der Waals surface area contributed by atoms with Crippen LogP contribution in [0.1, 0.15) is 48.0 Å². The fourth-order valence-electron chi connectivity index (χ4n) is 4.11. The number of pyridine rings is 1. The second-order valence-corrected chi connectivity index (χ2v) is 7.71. The van der Waals surface area contributed by atoms with Crippen LogP contribution in [0.15, 0.2) is 48.7 Å². The molecule has 2 saturated heterocycles. The minimum absolute atomic E-state index is 0.107. The van der Waals surface area contributed by atoms with Crippen LogP contribution in [0.5, 0.6) is 0 Å². The van der Waals surface area contributed by atoms with Crippen LogP contribution in [0.3, 0.4) is 0 Å². The average molecular weight is 380 g/mol. The smallest absolute Gasteiger partial charge is 0.257 e. The number of aromatic nitrogens is 1. The van der Waals surface area contributed by atoms with Gasteiger partial charge in [-0.15, -0.1) is 0 Å². The number of hydrogen-bond donors (Lipinski definition) is 0. The zero-order valence-electron chi connectivity index (χ0n) is 16.4. The number of anilines is 1. The predicted molar refractivity (Wildman–Crippen MR) is 110 cm³/mol. The molecule has 0 saturated carbocycles. The molecule has 0 atom stereocenters. The van der Waals surface area contributed by atoms with Crippen molar-refractivity contribution < 1.29 is 9.53 Å². The van der Waals surface area contributed by atoms with Crippen LogP contribution in [-0.4, -0.2) is 48.1 Å². The summed E-state index contributed by atoms with van der Waals surface area (Å²) in [5.74, 6) is 0.963. The van der Waals surface area contributed by atoms with E-state index in [0.717, 1.165) is 50.4 Å². The molecule has 148 valence electrons. The lowest BCUT2D eigenvalue weighted by atomic mass is 10.1. The first kappa shape index (κ1) is 18.9. The van der Waals surface area contributed by atoms with E-state index in [4.69, 9.17) is 4.74 Å². The molecule has 28 heavy (non-hydrogen) atoms. The molecule has 5 nitrogen and oxygen atoms in total. The van der Waals surface area contributed by atoms with E-state index in [1.165, 1.54) is 24.8 Å². The van der Waals surface area contributed by atoms with E-state index >= 15 is 0 Å². The molecule has 1 aromatic heterocycles. The number of benzene rings is 1. The summed E-state index contributed by atoms with van der Waals surface area (Å²) in [5.41, 5.74) is 1.94. The largest absolute Gasteiger partial charge is 0.373 e. The zero-order chi connectivity index (χ0) is 19.2. The van der Waals surface area contributed by atoms with E-state index in [-0.39, 0.29) is 12.0 Å². The summed E-state index contributed by atoms with van der Waals surface area (Å²) in [6.45, 7) is 4.11. The van der Waals surface area contributed by atoms with Gasteiger partial charge in [0, 0.05) is 32.4 Å². The first-order chi connectivity index (χ1) is 13.8. The Morgan fingerprint density at radius 3 is 2.46 bits per heavy atom. The average Bonchev–Trinajstić information content (AvgIpc) is 2.79. The van der Waals surface area contributed by atoms with Crippen molar-refractivity contribution in [2.75, 3.05) is 31.1 Å². The number of hydrogen-bond acceptors (Lipinski definition) is 4. The third-order valence-corrected chi connectivity index (χ3v) is 5.73. The van der Waals surface area contributed by atoms with Gasteiger partial charge in [-0.3, -0.25) is 4.79 Å². The molecule has 2 aromatic rings. The molecule has 1 amide bonds. The minimum atomic E-state index is 0.107. The van der Waals surface area contributed by atoms with Gasteiger partial charge in [-0.05, 0) is 49.8 Å². The van der Waals surface area contributed by atoms with Gasteiger partial charge in [0.05, 0.1) is 18.3 Å². The van der Waals surface area contributed by atoms with Crippen molar-refractivity contribution in [3.63, 3.8) is 0 Å². The molecule has 3 heterocycles. The maximum absolute atomic E-state index is 13.2. The lowest BCUT2D eigenvalue weighted by molar-refractivity contribution is -0.000372. The predicted octanol–water partition coefficient (Wildman–Crippen LogP) is 3.89. The lowest BCUT2D eigenvalue weighted by Crippen LogP contribution is -2.42. The van der Waals surface area contributed by atoms with Gasteiger partial charge < -0.3 is 14.5 Å². The van der Waals surface area contributed by atoms with E-state index in [1.54, 1.807) is 6.20 Å². The number of rotatable bonds is 5. The van der Waals surface area contributed by atoms with Crippen molar-refractivity contribution in [2.24, 2.45) is 0 Å². The van der Waals surface area contributed by atoms with Gasteiger partial charge in [0.15, 0.2) is 0 Å². The Hall–Kier alpha value is -2.40. The standard InChI is InChI=1S/C23H29N3O2/c27-23(21-10-7-13-24-22(21)25-14-5-2-6-15-25)26-16-11-20(12-17-26)28-18-19-8-3-1-4-9-19/h1,3-4,7-10,13,20H,2,5-6,11-12,14-18H2. The summed E-state index contributed by atoms with van der Waals surface area (Å²) < 4.78 is 6.06. The van der Waals surface area contributed by atoms with Crippen molar-refractivity contribution in [1.29, 1.82) is 0 Å². The molecule has 0 bridgehead atoms. The van der Waals surface area contributed by atoms with Crippen LogP contribution in [0, 0.1) is 0 Å². The molecule has 2 fully saturated rings. The van der Waals surface area contributed by atoms with Gasteiger partial charge in [0.1, 0.15) is 5.82 Å². The first-order valence-corrected chi connectivity index (χ1v) is 10.5. The summed E-state index contributed by atoms with van der Waals surface area (Å²) in [7, 11) is 0. The van der Waals surface area contributed by atoms with Crippen molar-refractivity contribution in [3.05, 3.63) is 59.8 Å². The number of carbonyl (C=O) groups excluding carboxylic acids is 1. The Bertz CT molecular complexity index is 766. The van der Waals surface area contributed by atoms with Crippen molar-refractivity contribution in [3.8, 4) is 0 Å². The molecule has 1 aromatic carbocycles. The minimum Gasteiger partial charge on any atom is -0.373 e. The number of nitrogens with zero attached hydrogens (tertiary/aromatic N) is 3. The zero-order valence-corrected chi connectivity index (χ0v) is 16.4. The highest BCUT2D eigenvalue weighted by Gasteiger charge is 2.27. The fourth-order valence-corrected chi connectivity index (χ4v) is 4.11. The molecule has 0 spiro atoms. The Kier molecular flexibility index (Phi) is 6.22. The van der Waals surface area contributed by atoms with Crippen LogP contribution in [0.25, 0.3) is 0 Å². The molecule has 2 aliphatic heterocycles. The topological polar surface area (TPSA) is 45.7 Å². The van der Waals surface area contributed by atoms with Gasteiger partial charge in [-0.1, -0.05) is 30.3 Å². The normalized spacial score (nSPS) is 18.3. The van der Waals surface area contributed by atoms with Gasteiger partial charge in [-0.25, -0.2) is 4.98 Å². The SMILES string of the molecule is O=C(c1cccnc1N1CCCCC1)N1CCC(OCc2ccccc2)CC1. The highest BCUT2D eigenvalue weighted by molar-refractivity contribution is 5.99. The quantitative estimate of drug-likeness (QED) is 0.791. The summed E-state index contributed by atoms with van der Waals surface area (Å²) in [6, 6.07) is 14.1. The summed E-state index contributed by atoms with van der Waals surface area (Å²) >= 11 is 0. The third-order valence-electron chi connectivity index (χ3n) is 5.73. The number of carbonyl (C=O) groups is 1. The van der Waals surface area contributed by atoms with Crippen LogP contribution < -0.4 is 4.90 Å². The molecular weight excluding hydrogens is 350 g/mol. The first-order valence-electron chi connectivity index (χ1n) is 10.5. The van der Waals surface area contributed by atoms with Gasteiger partial charge in [0.25, 0.3) is 5.91 Å². The third kappa shape index (κ3) is 4.53. The van der Waals surface area contributed by atoms with Crippen molar-refractivity contribution in [2.45, 2.75) is 44.8 Å². The summed E-state index contributed by atoms with van der Waals surface area (Å²) in [5, 5.41) is 0. The van der Waals surface area contributed by atoms with E-state index in [1.807, 2.05) is 35.2 Å². The number of ether oxygens (including phenoxy) is 1. The van der Waals surface area contributed by atoms with Gasteiger partial charge >= 0.3 is 0 Å². The number of amides is 1. The number of likely N-dealkylation sites (tertiary alicyclic amines) is 1. The second kappa shape index (κ2) is 9.20. The van der Waals surface area contributed by atoms with Gasteiger partial charge in [0.2, 0.25) is 0 Å². The maximum atomic E-state index is 13.2. The Labute approximate surface area is 167 Å². The molecule has 0 radical (unpaired) electrons. The molecule has 4 rings (SSSR count). The molecule has 0 N–H and O–H groups in total. The monoisotopic (exact) mass is 379 g/mol. The molecular formula is C23H29N3O2. The van der Waals surface area contributed by atoms with Crippen molar-refractivity contribution >= 4 is 11.7 Å². The fraction of sp³-hybridized carbons (Fsp3) is 0.478. The van der Waals surface area contributed by atoms with Crippen molar-refractivity contribution in [1.82, 2.24) is 9.88 Å². The highest BCUT2D eigenvalue weighted by Crippen LogP contribution is 2.25. The molecule has 5 heteroatoms. The Morgan fingerprint density at radius 1 is 0.964 bits per heavy atom. The van der Waals surface area contributed by atoms with E-state index in [0.29, 0.717) is 6.61 Å². The van der Waals surface area contributed by atoms with Gasteiger partial charge in [-0.2, -0.15) is 0 Å². The summed E-state index contributed by atoms with van der Waals surface area (Å²) in [6.07, 6.45) is 7.41. The molecule has 0 aliphatic carbocycles. The van der Waals surface area contributed by atoms with Crippen LogP contribution in [-0.2, 0) is 11.3 Å². The van der Waals surface area contributed by atoms with Crippen LogP contribution in [0.2, 0.25) is 0 Å². The summed E-state index contributed by atoms with van der Waals surface area (Å²) in [4.78, 5) is 22.0. The molecule has 0 unspecified atom stereocenters. The number of piperidine rings is 2. The Balaban J connectivity index is 1.34. The van der Waals surface area contributed by atoms with Crippen LogP contribution in [0.4, 0.5) is 5.82 Å². The highest BCUT2D eigenvalue weighted by atomic mass is 16.5. The second-order valence-electron chi connectivity index (χ2n) is 7.71. The van der Waals surface area contributed by atoms with E-state index in [2.05, 4.69) is 22.0 Å². The maximum Gasteiger partial charge on any atom is 0.257 e. The van der Waals surface area contributed by atoms with E-state index in [9.17, 15) is 4.79 Å². The lowest BCUT2D eigenvalue weighted by Gasteiger charge is -2.34. The van der Waals surface area contributed by atoms with E-state index < -0.39 is 0 Å². The Morgan fingerprint density at radius 2 is 1.71 bits per heavy atom. The van der Waals surface area contributed by atoms with Crippen LogP contribution >= 0.6 is 0 Å².